The predicted octanol–water partition coefficient (Wildman–Crippen LogP) is 2.19. The molecule has 0 aliphatic carbocycles. The molecule has 0 heterocycles. The third-order valence-electron chi connectivity index (χ3n) is 2.77. The number of hydrogen-bond donors (Lipinski definition) is 2. The van der Waals surface area contributed by atoms with Crippen molar-refractivity contribution < 1.29 is 19.4 Å². The molecular formula is C16H15NO4. The van der Waals surface area contributed by atoms with Crippen molar-refractivity contribution >= 4 is 11.9 Å². The van der Waals surface area contributed by atoms with Gasteiger partial charge in [-0.1, -0.05) is 24.3 Å². The van der Waals surface area contributed by atoms with Crippen LogP contribution in [0.4, 0.5) is 0 Å². The third kappa shape index (κ3) is 4.35. The van der Waals surface area contributed by atoms with Crippen LogP contribution in [-0.2, 0) is 0 Å². The Kier molecular flexibility index (Phi) is 4.93. The Bertz CT molecular complexity index is 625. The van der Waals surface area contributed by atoms with Crippen LogP contribution in [0.5, 0.6) is 5.75 Å². The van der Waals surface area contributed by atoms with Crippen molar-refractivity contribution in [2.24, 2.45) is 0 Å². The van der Waals surface area contributed by atoms with E-state index < -0.39 is 5.97 Å². The number of amides is 1. The van der Waals surface area contributed by atoms with Gasteiger partial charge >= 0.3 is 5.97 Å². The fourth-order valence-electron chi connectivity index (χ4n) is 1.75. The van der Waals surface area contributed by atoms with Gasteiger partial charge in [-0.3, -0.25) is 4.79 Å². The van der Waals surface area contributed by atoms with E-state index in [4.69, 9.17) is 9.84 Å². The molecule has 0 unspecified atom stereocenters. The molecule has 0 atom stereocenters. The first kappa shape index (κ1) is 14.6. The Morgan fingerprint density at radius 1 is 1.00 bits per heavy atom. The molecule has 5 nitrogen and oxygen atoms in total. The second-order valence-corrected chi connectivity index (χ2v) is 4.30. The quantitative estimate of drug-likeness (QED) is 0.798. The summed E-state index contributed by atoms with van der Waals surface area (Å²) in [6.45, 7) is 0.680. The lowest BCUT2D eigenvalue weighted by Gasteiger charge is -2.08. The van der Waals surface area contributed by atoms with Crippen molar-refractivity contribution in [2.75, 3.05) is 13.2 Å². The van der Waals surface area contributed by atoms with Crippen molar-refractivity contribution in [1.29, 1.82) is 0 Å². The van der Waals surface area contributed by atoms with Gasteiger partial charge in [-0.25, -0.2) is 4.79 Å². The van der Waals surface area contributed by atoms with Crippen LogP contribution in [0.3, 0.4) is 0 Å². The number of carbonyl (C=O) groups excluding carboxylic acids is 1. The number of ether oxygens (including phenoxy) is 1. The molecular weight excluding hydrogens is 270 g/mol. The molecule has 21 heavy (non-hydrogen) atoms. The van der Waals surface area contributed by atoms with Gasteiger partial charge in [-0.2, -0.15) is 0 Å². The van der Waals surface area contributed by atoms with E-state index in [1.54, 1.807) is 12.1 Å². The number of carbonyl (C=O) groups is 2. The first-order chi connectivity index (χ1) is 10.2. The molecule has 0 aliphatic heterocycles. The standard InChI is InChI=1S/C16H15NO4/c18-15(12-5-4-6-13(11-12)16(19)20)17-9-10-21-14-7-2-1-3-8-14/h1-8,11H,9-10H2,(H,17,18)(H,19,20). The lowest BCUT2D eigenvalue weighted by molar-refractivity contribution is 0.0697. The molecule has 0 saturated heterocycles. The SMILES string of the molecule is O=C(O)c1cccc(C(=O)NCCOc2ccccc2)c1. The molecule has 108 valence electrons. The van der Waals surface area contributed by atoms with Gasteiger partial charge in [0.2, 0.25) is 0 Å². The number of nitrogens with one attached hydrogen (secondary N) is 1. The second kappa shape index (κ2) is 7.09. The molecule has 0 spiro atoms. The molecule has 2 aromatic rings. The molecule has 0 saturated carbocycles. The zero-order valence-corrected chi connectivity index (χ0v) is 11.3. The molecule has 0 fully saturated rings. The number of hydrogen-bond acceptors (Lipinski definition) is 3. The molecule has 1 amide bonds. The van der Waals surface area contributed by atoms with Crippen LogP contribution in [0.2, 0.25) is 0 Å². The highest BCUT2D eigenvalue weighted by molar-refractivity contribution is 5.97. The monoisotopic (exact) mass is 285 g/mol. The Morgan fingerprint density at radius 2 is 1.71 bits per heavy atom. The average Bonchev–Trinajstić information content (AvgIpc) is 2.52. The van der Waals surface area contributed by atoms with Gasteiger partial charge in [0.05, 0.1) is 12.1 Å². The van der Waals surface area contributed by atoms with Crippen LogP contribution in [0.1, 0.15) is 20.7 Å². The third-order valence-corrected chi connectivity index (χ3v) is 2.77. The number of carboxylic acid groups (broad SMARTS) is 1. The van der Waals surface area contributed by atoms with Crippen LogP contribution >= 0.6 is 0 Å². The highest BCUT2D eigenvalue weighted by atomic mass is 16.5. The first-order valence-corrected chi connectivity index (χ1v) is 6.46. The van der Waals surface area contributed by atoms with Crippen LogP contribution in [-0.4, -0.2) is 30.1 Å². The van der Waals surface area contributed by atoms with Crippen molar-refractivity contribution in [3.63, 3.8) is 0 Å². The molecule has 2 rings (SSSR count). The zero-order chi connectivity index (χ0) is 15.1. The Hall–Kier alpha value is -2.82. The number of benzene rings is 2. The van der Waals surface area contributed by atoms with E-state index >= 15 is 0 Å². The maximum atomic E-state index is 11.9. The van der Waals surface area contributed by atoms with Gasteiger partial charge in [0, 0.05) is 5.56 Å². The van der Waals surface area contributed by atoms with Gasteiger partial charge < -0.3 is 15.2 Å². The van der Waals surface area contributed by atoms with E-state index in [0.29, 0.717) is 18.7 Å². The van der Waals surface area contributed by atoms with Crippen LogP contribution in [0, 0.1) is 0 Å². The summed E-state index contributed by atoms with van der Waals surface area (Å²) in [5.74, 6) is -0.647. The van der Waals surface area contributed by atoms with E-state index in [-0.39, 0.29) is 11.5 Å². The van der Waals surface area contributed by atoms with Gasteiger partial charge in [0.1, 0.15) is 12.4 Å². The number of aromatic carboxylic acids is 1. The van der Waals surface area contributed by atoms with E-state index in [1.807, 2.05) is 30.3 Å². The molecule has 0 bridgehead atoms. The Labute approximate surface area is 122 Å². The topological polar surface area (TPSA) is 75.6 Å². The maximum absolute atomic E-state index is 11.9. The fourth-order valence-corrected chi connectivity index (χ4v) is 1.75. The summed E-state index contributed by atoms with van der Waals surface area (Å²) >= 11 is 0. The van der Waals surface area contributed by atoms with Crippen molar-refractivity contribution in [3.05, 3.63) is 65.7 Å². The molecule has 2 N–H and O–H groups in total. The largest absolute Gasteiger partial charge is 0.492 e. The second-order valence-electron chi connectivity index (χ2n) is 4.30. The highest BCUT2D eigenvalue weighted by Crippen LogP contribution is 2.08. The molecule has 2 aromatic carbocycles. The number of carboxylic acids is 1. The minimum Gasteiger partial charge on any atom is -0.492 e. The summed E-state index contributed by atoms with van der Waals surface area (Å²) in [7, 11) is 0. The van der Waals surface area contributed by atoms with Crippen molar-refractivity contribution in [1.82, 2.24) is 5.32 Å². The Balaban J connectivity index is 1.82. The van der Waals surface area contributed by atoms with Gasteiger partial charge in [0.15, 0.2) is 0 Å². The number of rotatable bonds is 6. The van der Waals surface area contributed by atoms with E-state index in [0.717, 1.165) is 5.75 Å². The summed E-state index contributed by atoms with van der Waals surface area (Å²) in [4.78, 5) is 22.7. The van der Waals surface area contributed by atoms with E-state index in [1.165, 1.54) is 12.1 Å². The minimum absolute atomic E-state index is 0.0863. The van der Waals surface area contributed by atoms with Gasteiger partial charge in [-0.05, 0) is 30.3 Å². The summed E-state index contributed by atoms with van der Waals surface area (Å²) in [5.41, 5.74) is 0.401. The molecule has 0 radical (unpaired) electrons. The highest BCUT2D eigenvalue weighted by Gasteiger charge is 2.08. The van der Waals surface area contributed by atoms with Crippen molar-refractivity contribution in [3.8, 4) is 5.75 Å². The maximum Gasteiger partial charge on any atom is 0.335 e. The lowest BCUT2D eigenvalue weighted by atomic mass is 10.1. The molecule has 5 heteroatoms. The number of para-hydroxylation sites is 1. The summed E-state index contributed by atoms with van der Waals surface area (Å²) in [6.07, 6.45) is 0. The van der Waals surface area contributed by atoms with E-state index in [2.05, 4.69) is 5.32 Å². The zero-order valence-electron chi connectivity index (χ0n) is 11.3. The van der Waals surface area contributed by atoms with Crippen LogP contribution in [0.15, 0.2) is 54.6 Å². The normalized spacial score (nSPS) is 9.90. The molecule has 0 aliphatic rings. The fraction of sp³-hybridized carbons (Fsp3) is 0.125. The average molecular weight is 285 g/mol. The smallest absolute Gasteiger partial charge is 0.335 e. The summed E-state index contributed by atoms with van der Waals surface area (Å²) in [5, 5.41) is 11.6. The lowest BCUT2D eigenvalue weighted by Crippen LogP contribution is -2.28. The van der Waals surface area contributed by atoms with E-state index in [9.17, 15) is 9.59 Å². The Morgan fingerprint density at radius 3 is 2.43 bits per heavy atom. The summed E-state index contributed by atoms with van der Waals surface area (Å²) in [6, 6.07) is 15.2. The molecule has 0 aromatic heterocycles. The minimum atomic E-state index is -1.06. The van der Waals surface area contributed by atoms with Crippen LogP contribution < -0.4 is 10.1 Å². The van der Waals surface area contributed by atoms with Gasteiger partial charge in [-0.15, -0.1) is 0 Å². The van der Waals surface area contributed by atoms with Gasteiger partial charge in [0.25, 0.3) is 5.91 Å². The van der Waals surface area contributed by atoms with Crippen LogP contribution in [0.25, 0.3) is 0 Å². The first-order valence-electron chi connectivity index (χ1n) is 6.46. The predicted molar refractivity (Wildman–Crippen MR) is 77.7 cm³/mol. The summed E-state index contributed by atoms with van der Waals surface area (Å²) < 4.78 is 5.45. The van der Waals surface area contributed by atoms with Crippen molar-refractivity contribution in [2.45, 2.75) is 0 Å².